The molecule has 0 aliphatic rings. The number of hydrogen-bond donors (Lipinski definition) is 2. The average Bonchev–Trinajstić information content (AvgIpc) is 2.53. The van der Waals surface area contributed by atoms with Crippen molar-refractivity contribution >= 4 is 11.8 Å². The summed E-state index contributed by atoms with van der Waals surface area (Å²) in [5.74, 6) is -0.653. The highest BCUT2D eigenvalue weighted by Crippen LogP contribution is 2.08. The number of nitrogens with zero attached hydrogens (tertiary/aromatic N) is 2. The Hall–Kier alpha value is -2.83. The average molecular weight is 316 g/mol. The molecule has 2 N–H and O–H groups in total. The van der Waals surface area contributed by atoms with Crippen molar-refractivity contribution in [3.05, 3.63) is 58.9 Å². The van der Waals surface area contributed by atoms with Gasteiger partial charge in [0.15, 0.2) is 0 Å². The maximum atomic E-state index is 13.4. The van der Waals surface area contributed by atoms with Crippen LogP contribution in [-0.2, 0) is 0 Å². The third-order valence-corrected chi connectivity index (χ3v) is 3.14. The first kappa shape index (κ1) is 16.5. The van der Waals surface area contributed by atoms with Gasteiger partial charge in [-0.05, 0) is 37.6 Å². The molecule has 0 atom stereocenters. The number of aromatic nitrogens is 2. The van der Waals surface area contributed by atoms with E-state index in [1.54, 1.807) is 26.0 Å². The van der Waals surface area contributed by atoms with E-state index in [1.807, 2.05) is 0 Å². The zero-order chi connectivity index (χ0) is 16.8. The first-order valence-electron chi connectivity index (χ1n) is 7.09. The first-order valence-corrected chi connectivity index (χ1v) is 7.09. The molecule has 6 nitrogen and oxygen atoms in total. The molecular formula is C16H17FN4O2. The highest BCUT2D eigenvalue weighted by atomic mass is 19.1. The van der Waals surface area contributed by atoms with Crippen LogP contribution in [0.25, 0.3) is 0 Å². The van der Waals surface area contributed by atoms with Gasteiger partial charge in [0.25, 0.3) is 11.8 Å². The molecule has 120 valence electrons. The van der Waals surface area contributed by atoms with Crippen LogP contribution in [-0.4, -0.2) is 34.9 Å². The smallest absolute Gasteiger partial charge is 0.270 e. The third kappa shape index (κ3) is 4.57. The summed E-state index contributed by atoms with van der Waals surface area (Å²) < 4.78 is 13.4. The summed E-state index contributed by atoms with van der Waals surface area (Å²) in [6, 6.07) is 5.79. The number of carbonyl (C=O) groups is 2. The van der Waals surface area contributed by atoms with Crippen LogP contribution >= 0.6 is 0 Å². The normalized spacial score (nSPS) is 10.2. The Morgan fingerprint density at radius 3 is 2.43 bits per heavy atom. The van der Waals surface area contributed by atoms with E-state index >= 15 is 0 Å². The summed E-state index contributed by atoms with van der Waals surface area (Å²) in [7, 11) is 0. The lowest BCUT2D eigenvalue weighted by molar-refractivity contribution is 0.0924. The van der Waals surface area contributed by atoms with E-state index in [4.69, 9.17) is 0 Å². The van der Waals surface area contributed by atoms with Crippen LogP contribution in [0, 0.1) is 19.7 Å². The maximum absolute atomic E-state index is 13.4. The standard InChI is InChI=1S/C16H17FN4O2/c1-10-3-4-12(9-13(10)17)15(22)19-7-8-20-16(23)14-5-6-18-11(2)21-14/h3-6,9H,7-8H2,1-2H3,(H,19,22)(H,20,23). The Labute approximate surface area is 133 Å². The monoisotopic (exact) mass is 316 g/mol. The zero-order valence-corrected chi connectivity index (χ0v) is 12.9. The topological polar surface area (TPSA) is 84.0 Å². The Balaban J connectivity index is 1.79. The summed E-state index contributed by atoms with van der Waals surface area (Å²) >= 11 is 0. The van der Waals surface area contributed by atoms with E-state index in [2.05, 4.69) is 20.6 Å². The van der Waals surface area contributed by atoms with Gasteiger partial charge in [-0.3, -0.25) is 9.59 Å². The summed E-state index contributed by atoms with van der Waals surface area (Å²) in [5.41, 5.74) is 0.990. The van der Waals surface area contributed by atoms with Gasteiger partial charge >= 0.3 is 0 Å². The Bertz CT molecular complexity index is 734. The fraction of sp³-hybridized carbons (Fsp3) is 0.250. The van der Waals surface area contributed by atoms with Crippen LogP contribution < -0.4 is 10.6 Å². The molecule has 2 amide bonds. The number of hydrogen-bond acceptors (Lipinski definition) is 4. The predicted octanol–water partition coefficient (Wildman–Crippen LogP) is 1.39. The summed E-state index contributed by atoms with van der Waals surface area (Å²) in [6.07, 6.45) is 1.50. The van der Waals surface area contributed by atoms with Crippen LogP contribution in [0.3, 0.4) is 0 Å². The molecule has 0 spiro atoms. The molecule has 0 aliphatic carbocycles. The molecule has 2 rings (SSSR count). The lowest BCUT2D eigenvalue weighted by Gasteiger charge is -2.07. The SMILES string of the molecule is Cc1nccc(C(=O)NCCNC(=O)c2ccc(C)c(F)c2)n1. The van der Waals surface area contributed by atoms with E-state index in [-0.39, 0.29) is 30.3 Å². The summed E-state index contributed by atoms with van der Waals surface area (Å²) in [5, 5.41) is 5.25. The van der Waals surface area contributed by atoms with E-state index < -0.39 is 11.7 Å². The van der Waals surface area contributed by atoms with Gasteiger partial charge in [0.1, 0.15) is 17.3 Å². The Morgan fingerprint density at radius 2 is 1.78 bits per heavy atom. The van der Waals surface area contributed by atoms with Crippen molar-refractivity contribution in [1.29, 1.82) is 0 Å². The maximum Gasteiger partial charge on any atom is 0.270 e. The van der Waals surface area contributed by atoms with Crippen molar-refractivity contribution in [1.82, 2.24) is 20.6 Å². The molecule has 0 saturated carbocycles. The van der Waals surface area contributed by atoms with Gasteiger partial charge in [0, 0.05) is 24.8 Å². The highest BCUT2D eigenvalue weighted by molar-refractivity contribution is 5.94. The van der Waals surface area contributed by atoms with E-state index in [9.17, 15) is 14.0 Å². The lowest BCUT2D eigenvalue weighted by Crippen LogP contribution is -2.35. The van der Waals surface area contributed by atoms with Crippen LogP contribution in [0.4, 0.5) is 4.39 Å². The highest BCUT2D eigenvalue weighted by Gasteiger charge is 2.09. The Morgan fingerprint density at radius 1 is 1.09 bits per heavy atom. The van der Waals surface area contributed by atoms with Crippen molar-refractivity contribution in [2.75, 3.05) is 13.1 Å². The van der Waals surface area contributed by atoms with Gasteiger partial charge in [0.05, 0.1) is 0 Å². The van der Waals surface area contributed by atoms with Gasteiger partial charge < -0.3 is 10.6 Å². The molecule has 0 bridgehead atoms. The molecule has 1 aromatic carbocycles. The minimum atomic E-state index is -0.426. The second kappa shape index (κ2) is 7.44. The largest absolute Gasteiger partial charge is 0.350 e. The molecule has 7 heteroatoms. The number of nitrogens with one attached hydrogen (secondary N) is 2. The molecule has 0 fully saturated rings. The van der Waals surface area contributed by atoms with Crippen LogP contribution in [0.2, 0.25) is 0 Å². The number of amides is 2. The number of halogens is 1. The lowest BCUT2D eigenvalue weighted by atomic mass is 10.1. The van der Waals surface area contributed by atoms with Crippen LogP contribution in [0.1, 0.15) is 32.2 Å². The van der Waals surface area contributed by atoms with Crippen molar-refractivity contribution in [2.24, 2.45) is 0 Å². The van der Waals surface area contributed by atoms with Gasteiger partial charge in [0.2, 0.25) is 0 Å². The molecular weight excluding hydrogens is 299 g/mol. The zero-order valence-electron chi connectivity index (χ0n) is 12.9. The summed E-state index contributed by atoms with van der Waals surface area (Å²) in [4.78, 5) is 31.6. The van der Waals surface area contributed by atoms with Crippen molar-refractivity contribution in [3.8, 4) is 0 Å². The third-order valence-electron chi connectivity index (χ3n) is 3.14. The molecule has 2 aromatic rings. The fourth-order valence-corrected chi connectivity index (χ4v) is 1.86. The molecule has 0 aliphatic heterocycles. The van der Waals surface area contributed by atoms with Crippen molar-refractivity contribution < 1.29 is 14.0 Å². The minimum Gasteiger partial charge on any atom is -0.350 e. The van der Waals surface area contributed by atoms with E-state index in [1.165, 1.54) is 18.3 Å². The predicted molar refractivity (Wildman–Crippen MR) is 82.6 cm³/mol. The molecule has 0 radical (unpaired) electrons. The van der Waals surface area contributed by atoms with Crippen LogP contribution in [0.15, 0.2) is 30.5 Å². The molecule has 0 saturated heterocycles. The first-order chi connectivity index (χ1) is 11.0. The quantitative estimate of drug-likeness (QED) is 0.817. The molecule has 1 heterocycles. The van der Waals surface area contributed by atoms with E-state index in [0.29, 0.717) is 11.4 Å². The van der Waals surface area contributed by atoms with Gasteiger partial charge in [-0.25, -0.2) is 14.4 Å². The van der Waals surface area contributed by atoms with E-state index in [0.717, 1.165) is 0 Å². The Kier molecular flexibility index (Phi) is 5.35. The minimum absolute atomic E-state index is 0.226. The van der Waals surface area contributed by atoms with Crippen LogP contribution in [0.5, 0.6) is 0 Å². The summed E-state index contributed by atoms with van der Waals surface area (Å²) in [6.45, 7) is 3.78. The number of benzene rings is 1. The van der Waals surface area contributed by atoms with Gasteiger partial charge in [-0.1, -0.05) is 6.07 Å². The second-order valence-electron chi connectivity index (χ2n) is 4.96. The second-order valence-corrected chi connectivity index (χ2v) is 4.96. The van der Waals surface area contributed by atoms with Gasteiger partial charge in [-0.15, -0.1) is 0 Å². The molecule has 23 heavy (non-hydrogen) atoms. The number of rotatable bonds is 5. The molecule has 0 unspecified atom stereocenters. The fourth-order valence-electron chi connectivity index (χ4n) is 1.86. The molecule has 1 aromatic heterocycles. The van der Waals surface area contributed by atoms with Crippen molar-refractivity contribution in [2.45, 2.75) is 13.8 Å². The van der Waals surface area contributed by atoms with Gasteiger partial charge in [-0.2, -0.15) is 0 Å². The number of aryl methyl sites for hydroxylation is 2. The number of carbonyl (C=O) groups excluding carboxylic acids is 2. The van der Waals surface area contributed by atoms with Crippen molar-refractivity contribution in [3.63, 3.8) is 0 Å².